The van der Waals surface area contributed by atoms with Gasteiger partial charge in [0.2, 0.25) is 10.0 Å². The maximum atomic E-state index is 12.7. The van der Waals surface area contributed by atoms with Gasteiger partial charge in [-0.2, -0.15) is 0 Å². The Labute approximate surface area is 154 Å². The predicted octanol–water partition coefficient (Wildman–Crippen LogP) is 0.576. The average Bonchev–Trinajstić information content (AvgIpc) is 3.41. The minimum absolute atomic E-state index is 0.121. The molecule has 0 radical (unpaired) electrons. The van der Waals surface area contributed by atoms with Crippen molar-refractivity contribution < 1.29 is 17.9 Å². The molecule has 1 aliphatic carbocycles. The Morgan fingerprint density at radius 3 is 2.81 bits per heavy atom. The fourth-order valence-electron chi connectivity index (χ4n) is 3.97. The summed E-state index contributed by atoms with van der Waals surface area (Å²) in [5, 5.41) is 2.51. The highest BCUT2D eigenvalue weighted by Gasteiger charge is 2.43. The summed E-state index contributed by atoms with van der Waals surface area (Å²) in [6, 6.07) is 6.28. The highest BCUT2D eigenvalue weighted by molar-refractivity contribution is 7.89. The van der Waals surface area contributed by atoms with E-state index >= 15 is 0 Å². The second-order valence-electron chi connectivity index (χ2n) is 7.48. The van der Waals surface area contributed by atoms with Gasteiger partial charge in [-0.15, -0.1) is 0 Å². The fraction of sp³-hybridized carbons (Fsp3) is 0.611. The van der Waals surface area contributed by atoms with E-state index in [0.29, 0.717) is 30.7 Å². The van der Waals surface area contributed by atoms with E-state index in [-0.39, 0.29) is 22.9 Å². The smallest absolute Gasteiger partial charge is 0.251 e. The second-order valence-corrected chi connectivity index (χ2v) is 9.19. The standard InChI is InChI=1S/C18H25N3O4S/c1-19-18(22)13-3-2-4-16(7-13)26(23,24)20-14-8-15-11-25-17(12-5-6-12)10-21(15)9-14/h2-4,7,12,14-15,17,20H,5-6,8-11H2,1H3,(H,19,22)/t14-,15+,17+/m1/s1. The lowest BCUT2D eigenvalue weighted by Gasteiger charge is -2.35. The number of morpholine rings is 1. The molecular weight excluding hydrogens is 354 g/mol. The van der Waals surface area contributed by atoms with Crippen LogP contribution in [0.15, 0.2) is 29.2 Å². The number of amides is 1. The van der Waals surface area contributed by atoms with Crippen LogP contribution in [0.25, 0.3) is 0 Å². The normalized spacial score (nSPS) is 29.3. The SMILES string of the molecule is CNC(=O)c1cccc(S(=O)(=O)N[C@@H]2C[C@H]3CO[C@H](C4CC4)CN3C2)c1. The number of rotatable bonds is 5. The predicted molar refractivity (Wildman–Crippen MR) is 96.4 cm³/mol. The van der Waals surface area contributed by atoms with Crippen molar-refractivity contribution in [2.24, 2.45) is 5.92 Å². The number of hydrogen-bond acceptors (Lipinski definition) is 5. The Hall–Kier alpha value is -1.48. The molecule has 3 atom stereocenters. The number of nitrogens with one attached hydrogen (secondary N) is 2. The molecule has 3 aliphatic rings. The average molecular weight is 379 g/mol. The van der Waals surface area contributed by atoms with E-state index in [1.54, 1.807) is 12.1 Å². The molecule has 2 saturated heterocycles. The summed E-state index contributed by atoms with van der Waals surface area (Å²) in [5.74, 6) is 0.391. The zero-order valence-electron chi connectivity index (χ0n) is 14.8. The number of benzene rings is 1. The molecule has 1 saturated carbocycles. The molecule has 1 aromatic carbocycles. The van der Waals surface area contributed by atoms with Gasteiger partial charge in [-0.25, -0.2) is 13.1 Å². The number of sulfonamides is 1. The molecule has 1 aromatic rings. The molecule has 8 heteroatoms. The quantitative estimate of drug-likeness (QED) is 0.781. The number of fused-ring (bicyclic) bond motifs is 1. The van der Waals surface area contributed by atoms with Crippen molar-refractivity contribution in [3.8, 4) is 0 Å². The Bertz CT molecular complexity index is 793. The fourth-order valence-corrected chi connectivity index (χ4v) is 5.26. The van der Waals surface area contributed by atoms with Crippen molar-refractivity contribution >= 4 is 15.9 Å². The van der Waals surface area contributed by atoms with Crippen molar-refractivity contribution in [1.29, 1.82) is 0 Å². The van der Waals surface area contributed by atoms with E-state index in [9.17, 15) is 13.2 Å². The highest BCUT2D eigenvalue weighted by atomic mass is 32.2. The third-order valence-corrected chi connectivity index (χ3v) is 7.07. The van der Waals surface area contributed by atoms with Gasteiger partial charge in [0.05, 0.1) is 17.6 Å². The lowest BCUT2D eigenvalue weighted by Crippen LogP contribution is -2.47. The van der Waals surface area contributed by atoms with Crippen LogP contribution in [0.1, 0.15) is 29.6 Å². The molecule has 2 heterocycles. The second kappa shape index (κ2) is 6.92. The van der Waals surface area contributed by atoms with E-state index in [4.69, 9.17) is 4.74 Å². The van der Waals surface area contributed by atoms with Crippen molar-refractivity contribution in [3.05, 3.63) is 29.8 Å². The minimum Gasteiger partial charge on any atom is -0.375 e. The van der Waals surface area contributed by atoms with Crippen LogP contribution in [-0.2, 0) is 14.8 Å². The van der Waals surface area contributed by atoms with Gasteiger partial charge in [-0.1, -0.05) is 6.07 Å². The molecule has 2 aliphatic heterocycles. The third-order valence-electron chi connectivity index (χ3n) is 5.55. The summed E-state index contributed by atoms with van der Waals surface area (Å²) in [6.07, 6.45) is 3.57. The summed E-state index contributed by atoms with van der Waals surface area (Å²) in [4.78, 5) is 14.2. The van der Waals surface area contributed by atoms with Gasteiger partial charge in [-0.05, 0) is 43.4 Å². The number of hydrogen-bond donors (Lipinski definition) is 2. The zero-order valence-corrected chi connectivity index (χ0v) is 15.7. The maximum absolute atomic E-state index is 12.7. The van der Waals surface area contributed by atoms with Gasteiger partial charge in [0, 0.05) is 37.8 Å². The molecule has 0 unspecified atom stereocenters. The zero-order chi connectivity index (χ0) is 18.3. The number of ether oxygens (including phenoxy) is 1. The summed E-state index contributed by atoms with van der Waals surface area (Å²) in [6.45, 7) is 2.30. The summed E-state index contributed by atoms with van der Waals surface area (Å²) < 4.78 is 34.3. The Morgan fingerprint density at radius 2 is 2.08 bits per heavy atom. The van der Waals surface area contributed by atoms with Crippen molar-refractivity contribution in [2.75, 3.05) is 26.7 Å². The van der Waals surface area contributed by atoms with Crippen LogP contribution in [-0.4, -0.2) is 64.2 Å². The topological polar surface area (TPSA) is 87.7 Å². The van der Waals surface area contributed by atoms with Crippen molar-refractivity contribution in [1.82, 2.24) is 14.9 Å². The molecule has 4 rings (SSSR count). The van der Waals surface area contributed by atoms with Gasteiger partial charge in [-0.3, -0.25) is 9.69 Å². The Kier molecular flexibility index (Phi) is 4.77. The van der Waals surface area contributed by atoms with Gasteiger partial charge in [0.25, 0.3) is 5.91 Å². The number of carbonyl (C=O) groups excluding carboxylic acids is 1. The molecule has 7 nitrogen and oxygen atoms in total. The van der Waals surface area contributed by atoms with Crippen LogP contribution >= 0.6 is 0 Å². The molecule has 2 N–H and O–H groups in total. The molecule has 0 aromatic heterocycles. The summed E-state index contributed by atoms with van der Waals surface area (Å²) in [7, 11) is -2.14. The minimum atomic E-state index is -3.67. The summed E-state index contributed by atoms with van der Waals surface area (Å²) in [5.41, 5.74) is 0.333. The first-order chi connectivity index (χ1) is 12.5. The largest absolute Gasteiger partial charge is 0.375 e. The third kappa shape index (κ3) is 3.64. The van der Waals surface area contributed by atoms with Crippen LogP contribution < -0.4 is 10.0 Å². The molecule has 1 amide bonds. The molecule has 3 fully saturated rings. The molecule has 142 valence electrons. The van der Waals surface area contributed by atoms with E-state index in [0.717, 1.165) is 13.0 Å². The number of nitrogens with zero attached hydrogens (tertiary/aromatic N) is 1. The lowest BCUT2D eigenvalue weighted by molar-refractivity contribution is -0.0581. The van der Waals surface area contributed by atoms with E-state index in [1.165, 1.54) is 32.0 Å². The van der Waals surface area contributed by atoms with Gasteiger partial charge in [0.15, 0.2) is 0 Å². The first kappa shape index (κ1) is 17.9. The van der Waals surface area contributed by atoms with Crippen LogP contribution in [0.3, 0.4) is 0 Å². The molecular formula is C18H25N3O4S. The lowest BCUT2D eigenvalue weighted by atomic mass is 10.1. The van der Waals surface area contributed by atoms with Crippen LogP contribution in [0.5, 0.6) is 0 Å². The van der Waals surface area contributed by atoms with Gasteiger partial charge >= 0.3 is 0 Å². The number of carbonyl (C=O) groups is 1. The van der Waals surface area contributed by atoms with Gasteiger partial charge < -0.3 is 10.1 Å². The molecule has 0 bridgehead atoms. The first-order valence-electron chi connectivity index (χ1n) is 9.16. The monoisotopic (exact) mass is 379 g/mol. The van der Waals surface area contributed by atoms with Crippen molar-refractivity contribution in [3.63, 3.8) is 0 Å². The highest BCUT2D eigenvalue weighted by Crippen LogP contribution is 2.38. The van der Waals surface area contributed by atoms with E-state index < -0.39 is 10.0 Å². The van der Waals surface area contributed by atoms with Crippen LogP contribution in [0.2, 0.25) is 0 Å². The molecule has 0 spiro atoms. The Morgan fingerprint density at radius 1 is 1.27 bits per heavy atom. The summed E-state index contributed by atoms with van der Waals surface area (Å²) >= 11 is 0. The van der Waals surface area contributed by atoms with Crippen LogP contribution in [0.4, 0.5) is 0 Å². The van der Waals surface area contributed by atoms with Crippen molar-refractivity contribution in [2.45, 2.75) is 42.3 Å². The van der Waals surface area contributed by atoms with E-state index in [2.05, 4.69) is 14.9 Å². The van der Waals surface area contributed by atoms with E-state index in [1.807, 2.05) is 0 Å². The maximum Gasteiger partial charge on any atom is 0.251 e. The van der Waals surface area contributed by atoms with Crippen LogP contribution in [0, 0.1) is 5.92 Å². The first-order valence-corrected chi connectivity index (χ1v) is 10.6. The molecule has 26 heavy (non-hydrogen) atoms. The van der Waals surface area contributed by atoms with Gasteiger partial charge in [0.1, 0.15) is 0 Å². The Balaban J connectivity index is 1.43.